The minimum Gasteiger partial charge on any atom is -0.456 e. The third-order valence-electron chi connectivity index (χ3n) is 11.4. The van der Waals surface area contributed by atoms with Gasteiger partial charge in [-0.2, -0.15) is 0 Å². The van der Waals surface area contributed by atoms with Gasteiger partial charge in [0.05, 0.1) is 5.69 Å². The molecule has 10 aromatic carbocycles. The van der Waals surface area contributed by atoms with Crippen molar-refractivity contribution in [3.8, 4) is 44.5 Å². The van der Waals surface area contributed by atoms with E-state index in [2.05, 4.69) is 217 Å². The molecule has 0 atom stereocenters. The minimum absolute atomic E-state index is 0.895. The van der Waals surface area contributed by atoms with Crippen LogP contribution in [0.15, 0.2) is 229 Å². The number of rotatable bonds is 7. The van der Waals surface area contributed by atoms with Crippen LogP contribution < -0.4 is 4.90 Å². The molecule has 2 nitrogen and oxygen atoms in total. The lowest BCUT2D eigenvalue weighted by Gasteiger charge is -2.29. The van der Waals surface area contributed by atoms with Crippen molar-refractivity contribution in [2.45, 2.75) is 0 Å². The molecule has 0 saturated heterocycles. The van der Waals surface area contributed by atoms with Crippen LogP contribution in [0, 0.1) is 0 Å². The van der Waals surface area contributed by atoms with Crippen molar-refractivity contribution in [3.05, 3.63) is 224 Å². The Morgan fingerprint density at radius 3 is 1.69 bits per heavy atom. The number of para-hydroxylation sites is 2. The summed E-state index contributed by atoms with van der Waals surface area (Å²) in [5.74, 6) is 0. The zero-order valence-electron chi connectivity index (χ0n) is 31.7. The molecule has 0 saturated carbocycles. The van der Waals surface area contributed by atoms with Gasteiger partial charge >= 0.3 is 0 Å². The van der Waals surface area contributed by atoms with Crippen LogP contribution in [0.25, 0.3) is 88.0 Å². The van der Waals surface area contributed by atoms with Gasteiger partial charge in [-0.15, -0.1) is 0 Å². The van der Waals surface area contributed by atoms with Crippen molar-refractivity contribution < 1.29 is 4.42 Å². The molecule has 1 aromatic heterocycles. The molecule has 0 fully saturated rings. The summed E-state index contributed by atoms with van der Waals surface area (Å²) in [6.45, 7) is 0. The molecule has 0 aliphatic rings. The number of hydrogen-bond donors (Lipinski definition) is 0. The molecule has 0 amide bonds. The third kappa shape index (κ3) is 5.82. The van der Waals surface area contributed by atoms with Gasteiger partial charge in [0, 0.05) is 27.7 Å². The SMILES string of the molecule is c1ccc(-c2cccc3cccc(-c4ccccc4N(c4cccc(-c5ccc6oc7ccccc7c6c5)c4)c4cccc(-c5cccc6ccccc56)c4)c23)cc1. The van der Waals surface area contributed by atoms with Crippen LogP contribution >= 0.6 is 0 Å². The molecule has 2 heteroatoms. The number of benzene rings is 10. The van der Waals surface area contributed by atoms with Crippen molar-refractivity contribution in [2.75, 3.05) is 4.90 Å². The molecule has 11 rings (SSSR count). The zero-order valence-corrected chi connectivity index (χ0v) is 31.7. The van der Waals surface area contributed by atoms with Crippen molar-refractivity contribution in [2.24, 2.45) is 0 Å². The largest absolute Gasteiger partial charge is 0.456 e. The Labute approximate surface area is 337 Å². The second-order valence-electron chi connectivity index (χ2n) is 14.9. The Morgan fingerprint density at radius 1 is 0.293 bits per heavy atom. The van der Waals surface area contributed by atoms with Crippen LogP contribution in [0.4, 0.5) is 17.1 Å². The van der Waals surface area contributed by atoms with Crippen LogP contribution in [-0.4, -0.2) is 0 Å². The first-order valence-corrected chi connectivity index (χ1v) is 19.8. The lowest BCUT2D eigenvalue weighted by Crippen LogP contribution is -2.11. The minimum atomic E-state index is 0.895. The van der Waals surface area contributed by atoms with E-state index < -0.39 is 0 Å². The van der Waals surface area contributed by atoms with Gasteiger partial charge < -0.3 is 9.32 Å². The van der Waals surface area contributed by atoms with Gasteiger partial charge in [-0.25, -0.2) is 0 Å². The monoisotopic (exact) mass is 739 g/mol. The van der Waals surface area contributed by atoms with E-state index in [0.29, 0.717) is 0 Å². The lowest BCUT2D eigenvalue weighted by atomic mass is 9.90. The summed E-state index contributed by atoms with van der Waals surface area (Å²) in [7, 11) is 0. The summed E-state index contributed by atoms with van der Waals surface area (Å²) in [4.78, 5) is 2.43. The quantitative estimate of drug-likeness (QED) is 0.162. The first-order chi connectivity index (χ1) is 28.8. The van der Waals surface area contributed by atoms with Crippen LogP contribution in [0.3, 0.4) is 0 Å². The van der Waals surface area contributed by atoms with Crippen LogP contribution in [0.5, 0.6) is 0 Å². The molecule has 0 N–H and O–H groups in total. The average molecular weight is 740 g/mol. The summed E-state index contributed by atoms with van der Waals surface area (Å²) in [5, 5.41) is 7.16. The molecule has 0 aliphatic heterocycles. The first-order valence-electron chi connectivity index (χ1n) is 19.8. The Balaban J connectivity index is 1.13. The maximum absolute atomic E-state index is 6.21. The fraction of sp³-hybridized carbons (Fsp3) is 0. The molecule has 0 radical (unpaired) electrons. The number of furan rings is 1. The van der Waals surface area contributed by atoms with Gasteiger partial charge in [0.2, 0.25) is 0 Å². The summed E-state index contributed by atoms with van der Waals surface area (Å²) >= 11 is 0. The standard InChI is InChI=1S/C56H37NO/c1-2-15-39(16-3-1)48-29-13-19-40-20-14-30-51(56(40)48)49-26-6-8-31-53(49)57(45-24-11-22-43(36-45)47-28-12-18-38-17-4-5-25-46(38)47)44-23-10-21-41(35-44)42-33-34-55-52(37-42)50-27-7-9-32-54(50)58-55/h1-37H. The Hall–Kier alpha value is -7.68. The highest BCUT2D eigenvalue weighted by Crippen LogP contribution is 2.46. The van der Waals surface area contributed by atoms with Crippen LogP contribution in [-0.2, 0) is 0 Å². The van der Waals surface area contributed by atoms with E-state index in [4.69, 9.17) is 4.42 Å². The van der Waals surface area contributed by atoms with Crippen molar-refractivity contribution >= 4 is 60.5 Å². The van der Waals surface area contributed by atoms with Crippen LogP contribution in [0.2, 0.25) is 0 Å². The van der Waals surface area contributed by atoms with Gasteiger partial charge in [-0.3, -0.25) is 0 Å². The van der Waals surface area contributed by atoms with E-state index in [-0.39, 0.29) is 0 Å². The molecule has 0 unspecified atom stereocenters. The van der Waals surface area contributed by atoms with Crippen molar-refractivity contribution in [3.63, 3.8) is 0 Å². The number of hydrogen-bond acceptors (Lipinski definition) is 2. The average Bonchev–Trinajstić information content (AvgIpc) is 3.67. The third-order valence-corrected chi connectivity index (χ3v) is 11.4. The molecule has 0 spiro atoms. The molecule has 0 bridgehead atoms. The second kappa shape index (κ2) is 14.1. The maximum atomic E-state index is 6.21. The number of anilines is 3. The number of fused-ring (bicyclic) bond motifs is 5. The van der Waals surface area contributed by atoms with E-state index in [0.717, 1.165) is 55.7 Å². The molecular weight excluding hydrogens is 703 g/mol. The van der Waals surface area contributed by atoms with Crippen molar-refractivity contribution in [1.29, 1.82) is 0 Å². The molecule has 1 heterocycles. The molecule has 0 aliphatic carbocycles. The van der Waals surface area contributed by atoms with E-state index in [1.807, 2.05) is 12.1 Å². The summed E-state index contributed by atoms with van der Waals surface area (Å²) in [6.07, 6.45) is 0. The first kappa shape index (κ1) is 33.6. The lowest BCUT2D eigenvalue weighted by molar-refractivity contribution is 0.669. The van der Waals surface area contributed by atoms with Gasteiger partial charge in [0.1, 0.15) is 11.2 Å². The van der Waals surface area contributed by atoms with E-state index in [1.54, 1.807) is 0 Å². The molecule has 11 aromatic rings. The topological polar surface area (TPSA) is 16.4 Å². The highest BCUT2D eigenvalue weighted by molar-refractivity contribution is 6.09. The molecular formula is C56H37NO. The Kier molecular flexibility index (Phi) is 8.19. The maximum Gasteiger partial charge on any atom is 0.135 e. The van der Waals surface area contributed by atoms with Gasteiger partial charge in [0.25, 0.3) is 0 Å². The predicted octanol–water partition coefficient (Wildman–Crippen LogP) is 16.0. The van der Waals surface area contributed by atoms with Gasteiger partial charge in [0.15, 0.2) is 0 Å². The van der Waals surface area contributed by atoms with E-state index >= 15 is 0 Å². The normalized spacial score (nSPS) is 11.4. The predicted molar refractivity (Wildman–Crippen MR) is 245 cm³/mol. The Morgan fingerprint density at radius 2 is 0.845 bits per heavy atom. The zero-order chi connectivity index (χ0) is 38.4. The van der Waals surface area contributed by atoms with E-state index in [9.17, 15) is 0 Å². The summed E-state index contributed by atoms with van der Waals surface area (Å²) < 4.78 is 6.21. The van der Waals surface area contributed by atoms with Gasteiger partial charge in [-0.05, 0) is 109 Å². The molecule has 58 heavy (non-hydrogen) atoms. The van der Waals surface area contributed by atoms with E-state index in [1.165, 1.54) is 49.4 Å². The summed E-state index contributed by atoms with van der Waals surface area (Å²) in [6, 6.07) is 80.9. The van der Waals surface area contributed by atoms with Gasteiger partial charge in [-0.1, -0.05) is 176 Å². The second-order valence-corrected chi connectivity index (χ2v) is 14.9. The highest BCUT2D eigenvalue weighted by Gasteiger charge is 2.21. The fourth-order valence-electron chi connectivity index (χ4n) is 8.77. The van der Waals surface area contributed by atoms with Crippen molar-refractivity contribution in [1.82, 2.24) is 0 Å². The Bertz CT molecular complexity index is 3290. The smallest absolute Gasteiger partial charge is 0.135 e. The highest BCUT2D eigenvalue weighted by atomic mass is 16.3. The van der Waals surface area contributed by atoms with Crippen LogP contribution in [0.1, 0.15) is 0 Å². The molecule has 272 valence electrons. The number of nitrogens with zero attached hydrogens (tertiary/aromatic N) is 1. The fourth-order valence-corrected chi connectivity index (χ4v) is 8.77. The summed E-state index contributed by atoms with van der Waals surface area (Å²) in [5.41, 5.74) is 14.5.